The minimum absolute atomic E-state index is 0.113. The van der Waals surface area contributed by atoms with Crippen molar-refractivity contribution in [2.45, 2.75) is 19.9 Å². The number of hydrogen-bond donors (Lipinski definition) is 1. The molecule has 21 heavy (non-hydrogen) atoms. The van der Waals surface area contributed by atoms with Crippen LogP contribution in [0.5, 0.6) is 0 Å². The van der Waals surface area contributed by atoms with Gasteiger partial charge in [-0.15, -0.1) is 0 Å². The van der Waals surface area contributed by atoms with E-state index >= 15 is 0 Å². The number of rotatable bonds is 5. The lowest BCUT2D eigenvalue weighted by Crippen LogP contribution is -2.32. The third kappa shape index (κ3) is 4.24. The van der Waals surface area contributed by atoms with Gasteiger partial charge >= 0.3 is 0 Å². The maximum absolute atomic E-state index is 12.7. The van der Waals surface area contributed by atoms with E-state index in [1.54, 1.807) is 19.1 Å². The van der Waals surface area contributed by atoms with Gasteiger partial charge in [0.2, 0.25) is 5.91 Å². The Labute approximate surface area is 121 Å². The van der Waals surface area contributed by atoms with Crippen molar-refractivity contribution in [3.8, 4) is 0 Å². The van der Waals surface area contributed by atoms with Crippen LogP contribution in [0.25, 0.3) is 0 Å². The third-order valence-electron chi connectivity index (χ3n) is 3.03. The first kappa shape index (κ1) is 14.9. The number of carbonyl (C=O) groups excluding carboxylic acids is 1. The quantitative estimate of drug-likeness (QED) is 0.895. The van der Waals surface area contributed by atoms with E-state index in [1.165, 1.54) is 29.2 Å². The van der Waals surface area contributed by atoms with Crippen LogP contribution in [0.1, 0.15) is 11.1 Å². The van der Waals surface area contributed by atoms with Crippen LogP contribution in [-0.4, -0.2) is 22.0 Å². The normalized spacial score (nSPS) is 10.4. The average molecular weight is 289 g/mol. The number of carbonyl (C=O) groups is 1. The summed E-state index contributed by atoms with van der Waals surface area (Å²) in [6.45, 7) is 2.40. The summed E-state index contributed by atoms with van der Waals surface area (Å²) in [5.41, 5.74) is 1.19. The summed E-state index contributed by atoms with van der Waals surface area (Å²) in [4.78, 5) is 27.4. The number of amides is 1. The molecule has 5 nitrogen and oxygen atoms in total. The molecule has 0 aliphatic heterocycles. The summed E-state index contributed by atoms with van der Waals surface area (Å²) in [5, 5.41) is 2.72. The van der Waals surface area contributed by atoms with Gasteiger partial charge in [-0.1, -0.05) is 12.1 Å². The number of aryl methyl sites for hydroxylation is 1. The second-order valence-electron chi connectivity index (χ2n) is 4.73. The highest BCUT2D eigenvalue weighted by Crippen LogP contribution is 2.03. The smallest absolute Gasteiger partial charge is 0.256 e. The van der Waals surface area contributed by atoms with Crippen LogP contribution < -0.4 is 10.9 Å². The SMILES string of the molecule is Cc1cncn(CCNC(=O)Cc2ccc(F)cc2)c1=O. The molecule has 1 aromatic heterocycles. The molecule has 1 aromatic carbocycles. The third-order valence-corrected chi connectivity index (χ3v) is 3.03. The Hall–Kier alpha value is -2.50. The Morgan fingerprint density at radius 1 is 1.33 bits per heavy atom. The predicted molar refractivity (Wildman–Crippen MR) is 76.3 cm³/mol. The van der Waals surface area contributed by atoms with Crippen molar-refractivity contribution < 1.29 is 9.18 Å². The highest BCUT2D eigenvalue weighted by molar-refractivity contribution is 5.78. The van der Waals surface area contributed by atoms with Gasteiger partial charge in [0.15, 0.2) is 0 Å². The summed E-state index contributed by atoms with van der Waals surface area (Å²) in [6, 6.07) is 5.79. The lowest BCUT2D eigenvalue weighted by atomic mass is 10.1. The zero-order valence-corrected chi connectivity index (χ0v) is 11.7. The molecule has 110 valence electrons. The molecule has 0 aliphatic carbocycles. The van der Waals surface area contributed by atoms with Crippen molar-refractivity contribution in [3.63, 3.8) is 0 Å². The molecule has 1 N–H and O–H groups in total. The van der Waals surface area contributed by atoms with Crippen LogP contribution in [0.15, 0.2) is 41.6 Å². The van der Waals surface area contributed by atoms with Crippen molar-refractivity contribution in [2.24, 2.45) is 0 Å². The van der Waals surface area contributed by atoms with Crippen LogP contribution in [0.2, 0.25) is 0 Å². The van der Waals surface area contributed by atoms with Gasteiger partial charge in [0.05, 0.1) is 12.7 Å². The topological polar surface area (TPSA) is 64.0 Å². The van der Waals surface area contributed by atoms with Crippen LogP contribution in [0, 0.1) is 12.7 Å². The first-order valence-corrected chi connectivity index (χ1v) is 6.58. The molecule has 1 amide bonds. The molecule has 2 aromatic rings. The van der Waals surface area contributed by atoms with Gasteiger partial charge in [-0.05, 0) is 24.6 Å². The van der Waals surface area contributed by atoms with Crippen LogP contribution in [0.3, 0.4) is 0 Å². The maximum Gasteiger partial charge on any atom is 0.256 e. The van der Waals surface area contributed by atoms with Crippen molar-refractivity contribution in [3.05, 3.63) is 64.1 Å². The van der Waals surface area contributed by atoms with E-state index in [2.05, 4.69) is 10.3 Å². The van der Waals surface area contributed by atoms with E-state index < -0.39 is 0 Å². The first-order valence-electron chi connectivity index (χ1n) is 6.58. The first-order chi connectivity index (χ1) is 10.1. The molecule has 2 rings (SSSR count). The molecular formula is C15H16FN3O2. The van der Waals surface area contributed by atoms with Crippen molar-refractivity contribution in [2.75, 3.05) is 6.54 Å². The molecule has 0 bridgehead atoms. The second kappa shape index (κ2) is 6.78. The predicted octanol–water partition coefficient (Wildman–Crippen LogP) is 1.05. The Balaban J connectivity index is 1.83. The Morgan fingerprint density at radius 3 is 2.76 bits per heavy atom. The van der Waals surface area contributed by atoms with Gasteiger partial charge in [-0.3, -0.25) is 14.2 Å². The average Bonchev–Trinajstić information content (AvgIpc) is 2.46. The molecule has 0 atom stereocenters. The molecule has 6 heteroatoms. The fourth-order valence-corrected chi connectivity index (χ4v) is 1.88. The summed E-state index contributed by atoms with van der Waals surface area (Å²) in [6.07, 6.45) is 3.13. The zero-order chi connectivity index (χ0) is 15.2. The zero-order valence-electron chi connectivity index (χ0n) is 11.7. The van der Waals surface area contributed by atoms with Gasteiger partial charge in [-0.2, -0.15) is 0 Å². The lowest BCUT2D eigenvalue weighted by Gasteiger charge is -2.07. The van der Waals surface area contributed by atoms with Crippen LogP contribution in [-0.2, 0) is 17.8 Å². The summed E-state index contributed by atoms with van der Waals surface area (Å²) >= 11 is 0. The fraction of sp³-hybridized carbons (Fsp3) is 0.267. The molecular weight excluding hydrogens is 273 g/mol. The lowest BCUT2D eigenvalue weighted by molar-refractivity contribution is -0.120. The molecule has 0 saturated heterocycles. The van der Waals surface area contributed by atoms with Crippen molar-refractivity contribution in [1.29, 1.82) is 0 Å². The molecule has 0 aliphatic rings. The molecule has 0 fully saturated rings. The number of aromatic nitrogens is 2. The van der Waals surface area contributed by atoms with E-state index in [9.17, 15) is 14.0 Å². The van der Waals surface area contributed by atoms with Gasteiger partial charge in [0.1, 0.15) is 5.82 Å². The molecule has 0 unspecified atom stereocenters. The minimum Gasteiger partial charge on any atom is -0.354 e. The van der Waals surface area contributed by atoms with Gasteiger partial charge < -0.3 is 5.32 Å². The number of benzene rings is 1. The van der Waals surface area contributed by atoms with Crippen LogP contribution >= 0.6 is 0 Å². The van der Waals surface area contributed by atoms with E-state index in [0.717, 1.165) is 5.56 Å². The van der Waals surface area contributed by atoms with Crippen molar-refractivity contribution in [1.82, 2.24) is 14.9 Å². The van der Waals surface area contributed by atoms with Crippen molar-refractivity contribution >= 4 is 5.91 Å². The van der Waals surface area contributed by atoms with Gasteiger partial charge in [0.25, 0.3) is 5.56 Å². The largest absolute Gasteiger partial charge is 0.354 e. The minimum atomic E-state index is -0.328. The van der Waals surface area contributed by atoms with Gasteiger partial charge in [-0.25, -0.2) is 9.37 Å². The summed E-state index contributed by atoms with van der Waals surface area (Å²) < 4.78 is 14.2. The molecule has 0 saturated carbocycles. The Bertz CT molecular complexity index is 680. The Kier molecular flexibility index (Phi) is 4.81. The molecule has 1 heterocycles. The molecule has 0 spiro atoms. The van der Waals surface area contributed by atoms with E-state index in [0.29, 0.717) is 18.7 Å². The highest BCUT2D eigenvalue weighted by atomic mass is 19.1. The Morgan fingerprint density at radius 2 is 2.05 bits per heavy atom. The molecule has 0 radical (unpaired) electrons. The number of nitrogens with zero attached hydrogens (tertiary/aromatic N) is 2. The number of halogens is 1. The van der Waals surface area contributed by atoms with Crippen LogP contribution in [0.4, 0.5) is 4.39 Å². The number of nitrogens with one attached hydrogen (secondary N) is 1. The van der Waals surface area contributed by atoms with E-state index in [1.807, 2.05) is 0 Å². The number of hydrogen-bond acceptors (Lipinski definition) is 3. The van der Waals surface area contributed by atoms with Gasteiger partial charge in [0, 0.05) is 24.8 Å². The maximum atomic E-state index is 12.7. The standard InChI is InChI=1S/C15H16FN3O2/c1-11-9-17-10-19(15(11)21)7-6-18-14(20)8-12-2-4-13(16)5-3-12/h2-5,9-10H,6-8H2,1H3,(H,18,20). The highest BCUT2D eigenvalue weighted by Gasteiger charge is 2.04. The second-order valence-corrected chi connectivity index (χ2v) is 4.73. The van der Waals surface area contributed by atoms with E-state index in [-0.39, 0.29) is 23.7 Å². The summed E-state index contributed by atoms with van der Waals surface area (Å²) in [5.74, 6) is -0.499. The summed E-state index contributed by atoms with van der Waals surface area (Å²) in [7, 11) is 0. The van der Waals surface area contributed by atoms with E-state index in [4.69, 9.17) is 0 Å². The fourth-order valence-electron chi connectivity index (χ4n) is 1.88. The monoisotopic (exact) mass is 289 g/mol.